The molecule has 0 bridgehead atoms. The third-order valence-corrected chi connectivity index (χ3v) is 5.28. The van der Waals surface area contributed by atoms with Crippen LogP contribution >= 0.6 is 39.1 Å². The van der Waals surface area contributed by atoms with Gasteiger partial charge >= 0.3 is 6.18 Å². The molecule has 33 heavy (non-hydrogen) atoms. The molecule has 0 saturated heterocycles. The second-order valence-corrected chi connectivity index (χ2v) is 8.53. The van der Waals surface area contributed by atoms with Crippen LogP contribution in [0.1, 0.15) is 18.2 Å². The molecule has 0 aliphatic heterocycles. The van der Waals surface area contributed by atoms with E-state index in [2.05, 4.69) is 21.0 Å². The first-order valence-electron chi connectivity index (χ1n) is 9.62. The van der Waals surface area contributed by atoms with E-state index in [1.807, 2.05) is 0 Å². The largest absolute Gasteiger partial charge is 0.489 e. The van der Waals surface area contributed by atoms with Gasteiger partial charge in [0, 0.05) is 12.1 Å². The van der Waals surface area contributed by atoms with Crippen LogP contribution in [0.2, 0.25) is 0 Å². The number of halogens is 6. The highest BCUT2D eigenvalue weighted by Gasteiger charge is 2.38. The van der Waals surface area contributed by atoms with Crippen LogP contribution in [0.5, 0.6) is 28.9 Å². The molecule has 2 aromatic carbocycles. The molecule has 0 unspecified atom stereocenters. The Balaban J connectivity index is 1.70. The molecule has 3 rings (SSSR count). The number of ether oxygens (including phenoxy) is 3. The van der Waals surface area contributed by atoms with Crippen LogP contribution < -0.4 is 14.2 Å². The van der Waals surface area contributed by atoms with E-state index in [-0.39, 0.29) is 29.1 Å². The van der Waals surface area contributed by atoms with Crippen molar-refractivity contribution in [2.24, 2.45) is 0 Å². The van der Waals surface area contributed by atoms with Gasteiger partial charge in [0.05, 0.1) is 4.47 Å². The molecule has 1 aromatic heterocycles. The predicted octanol–water partition coefficient (Wildman–Crippen LogP) is 8.28. The quantitative estimate of drug-likeness (QED) is 0.276. The Morgan fingerprint density at radius 1 is 1.06 bits per heavy atom. The summed E-state index contributed by atoms with van der Waals surface area (Å²) in [6.07, 6.45) is -3.04. The number of hydrogen-bond acceptors (Lipinski definition) is 4. The van der Waals surface area contributed by atoms with Gasteiger partial charge in [0.1, 0.15) is 34.1 Å². The topological polar surface area (TPSA) is 45.5 Å². The Labute approximate surface area is 206 Å². The second-order valence-electron chi connectivity index (χ2n) is 6.66. The zero-order valence-electron chi connectivity index (χ0n) is 17.4. The van der Waals surface area contributed by atoms with E-state index < -0.39 is 11.9 Å². The number of aromatic nitrogens is 2. The molecule has 11 heteroatoms. The fourth-order valence-corrected chi connectivity index (χ4v) is 3.38. The minimum Gasteiger partial charge on any atom is -0.489 e. The SMILES string of the molecule is CCn1nc(C(F)(F)F)c(C)c1Oc1ccc(Oc2ccc(OCC=C(Cl)Cl)cc2Br)cc1. The molecule has 0 spiro atoms. The standard InChI is InChI=1S/C22H18BrCl2F3N2O3/c1-3-30-21(13(2)20(29-30)22(26,27)28)33-15-6-4-14(5-7-15)32-18-9-8-16(12-17(18)23)31-11-10-19(24)25/h4-10,12H,3,11H2,1-2H3. The number of alkyl halides is 3. The minimum atomic E-state index is -4.55. The molecule has 3 aromatic rings. The van der Waals surface area contributed by atoms with Crippen LogP contribution in [-0.2, 0) is 12.7 Å². The summed E-state index contributed by atoms with van der Waals surface area (Å²) in [6.45, 7) is 3.47. The molecular formula is C22H18BrCl2F3N2O3. The number of nitrogens with zero attached hydrogens (tertiary/aromatic N) is 2. The van der Waals surface area contributed by atoms with Crippen molar-refractivity contribution in [2.75, 3.05) is 6.61 Å². The van der Waals surface area contributed by atoms with Gasteiger partial charge in [-0.3, -0.25) is 0 Å². The number of hydrogen-bond donors (Lipinski definition) is 0. The molecule has 5 nitrogen and oxygen atoms in total. The Morgan fingerprint density at radius 2 is 1.67 bits per heavy atom. The smallest absolute Gasteiger partial charge is 0.435 e. The fourth-order valence-electron chi connectivity index (χ4n) is 2.82. The third kappa shape index (κ3) is 6.59. The molecule has 0 atom stereocenters. The normalized spacial score (nSPS) is 11.3. The van der Waals surface area contributed by atoms with Gasteiger partial charge in [-0.2, -0.15) is 18.3 Å². The first kappa shape index (κ1) is 25.3. The molecule has 0 saturated carbocycles. The predicted molar refractivity (Wildman–Crippen MR) is 124 cm³/mol. The lowest BCUT2D eigenvalue weighted by atomic mass is 10.2. The number of rotatable bonds is 8. The van der Waals surface area contributed by atoms with Gasteiger partial charge in [-0.1, -0.05) is 23.2 Å². The molecule has 1 heterocycles. The van der Waals surface area contributed by atoms with E-state index in [9.17, 15) is 13.2 Å². The average Bonchev–Trinajstić information content (AvgIpc) is 3.07. The van der Waals surface area contributed by atoms with Gasteiger partial charge in [-0.15, -0.1) is 0 Å². The summed E-state index contributed by atoms with van der Waals surface area (Å²) in [6, 6.07) is 11.7. The van der Waals surface area contributed by atoms with Crippen molar-refractivity contribution >= 4 is 39.1 Å². The van der Waals surface area contributed by atoms with Gasteiger partial charge in [-0.05, 0) is 78.3 Å². The molecule has 0 radical (unpaired) electrons. The van der Waals surface area contributed by atoms with Crippen molar-refractivity contribution < 1.29 is 27.4 Å². The van der Waals surface area contributed by atoms with Crippen molar-refractivity contribution in [3.8, 4) is 28.9 Å². The second kappa shape index (κ2) is 10.7. The van der Waals surface area contributed by atoms with Crippen molar-refractivity contribution in [3.63, 3.8) is 0 Å². The Morgan fingerprint density at radius 3 is 2.21 bits per heavy atom. The summed E-state index contributed by atoms with van der Waals surface area (Å²) in [7, 11) is 0. The van der Waals surface area contributed by atoms with E-state index in [0.717, 1.165) is 0 Å². The van der Waals surface area contributed by atoms with E-state index >= 15 is 0 Å². The molecule has 0 aliphatic rings. The fraction of sp³-hybridized carbons (Fsp3) is 0.227. The van der Waals surface area contributed by atoms with E-state index in [1.54, 1.807) is 49.4 Å². The van der Waals surface area contributed by atoms with Gasteiger partial charge < -0.3 is 14.2 Å². The summed E-state index contributed by atoms with van der Waals surface area (Å²) in [5.41, 5.74) is -1.03. The molecule has 0 fully saturated rings. The highest BCUT2D eigenvalue weighted by Crippen LogP contribution is 2.38. The number of aryl methyl sites for hydroxylation is 1. The summed E-state index contributed by atoms with van der Waals surface area (Å²) >= 11 is 14.5. The first-order valence-corrected chi connectivity index (χ1v) is 11.2. The Hall–Kier alpha value is -2.36. The van der Waals surface area contributed by atoms with Gasteiger partial charge in [0.2, 0.25) is 5.88 Å². The van der Waals surface area contributed by atoms with Gasteiger partial charge in [0.15, 0.2) is 5.69 Å². The minimum absolute atomic E-state index is 0.0436. The van der Waals surface area contributed by atoms with Crippen molar-refractivity contribution in [2.45, 2.75) is 26.6 Å². The van der Waals surface area contributed by atoms with Gasteiger partial charge in [0.25, 0.3) is 0 Å². The third-order valence-electron chi connectivity index (χ3n) is 4.36. The van der Waals surface area contributed by atoms with E-state index in [1.165, 1.54) is 17.7 Å². The van der Waals surface area contributed by atoms with Crippen LogP contribution in [0.3, 0.4) is 0 Å². The lowest BCUT2D eigenvalue weighted by Crippen LogP contribution is -2.08. The van der Waals surface area contributed by atoms with Gasteiger partial charge in [-0.25, -0.2) is 4.68 Å². The Kier molecular flexibility index (Phi) is 8.20. The van der Waals surface area contributed by atoms with Crippen LogP contribution in [0.25, 0.3) is 0 Å². The molecule has 0 N–H and O–H groups in total. The average molecular weight is 566 g/mol. The molecular weight excluding hydrogens is 548 g/mol. The lowest BCUT2D eigenvalue weighted by molar-refractivity contribution is -0.141. The van der Waals surface area contributed by atoms with Crippen molar-refractivity contribution in [3.05, 3.63) is 68.8 Å². The maximum atomic E-state index is 13.2. The molecule has 0 amide bonds. The lowest BCUT2D eigenvalue weighted by Gasteiger charge is -2.11. The maximum Gasteiger partial charge on any atom is 0.435 e. The van der Waals surface area contributed by atoms with Crippen LogP contribution in [0, 0.1) is 6.92 Å². The van der Waals surface area contributed by atoms with E-state index in [0.29, 0.717) is 27.5 Å². The molecule has 0 aliphatic carbocycles. The van der Waals surface area contributed by atoms with Crippen LogP contribution in [0.4, 0.5) is 13.2 Å². The van der Waals surface area contributed by atoms with Crippen molar-refractivity contribution in [1.82, 2.24) is 9.78 Å². The first-order chi connectivity index (χ1) is 15.6. The summed E-state index contributed by atoms with van der Waals surface area (Å²) in [5.74, 6) is 2.02. The van der Waals surface area contributed by atoms with E-state index in [4.69, 9.17) is 37.4 Å². The highest BCUT2D eigenvalue weighted by molar-refractivity contribution is 9.10. The van der Waals surface area contributed by atoms with Crippen LogP contribution in [0.15, 0.2) is 57.5 Å². The number of benzene rings is 2. The van der Waals surface area contributed by atoms with Crippen molar-refractivity contribution in [1.29, 1.82) is 0 Å². The zero-order chi connectivity index (χ0) is 24.2. The summed E-state index contributed by atoms with van der Waals surface area (Å²) < 4.78 is 58.5. The molecule has 176 valence electrons. The Bertz CT molecular complexity index is 1150. The maximum absolute atomic E-state index is 13.2. The summed E-state index contributed by atoms with van der Waals surface area (Å²) in [5, 5.41) is 3.62. The monoisotopic (exact) mass is 564 g/mol. The zero-order valence-corrected chi connectivity index (χ0v) is 20.5. The van der Waals surface area contributed by atoms with Crippen LogP contribution in [-0.4, -0.2) is 16.4 Å². The summed E-state index contributed by atoms with van der Waals surface area (Å²) in [4.78, 5) is 0. The highest BCUT2D eigenvalue weighted by atomic mass is 79.9.